The van der Waals surface area contributed by atoms with Crippen molar-refractivity contribution in [1.29, 1.82) is 0 Å². The normalized spacial score (nSPS) is 21.8. The van der Waals surface area contributed by atoms with Crippen LogP contribution in [0.2, 0.25) is 0 Å². The van der Waals surface area contributed by atoms with Crippen molar-refractivity contribution in [2.75, 3.05) is 18.4 Å². The van der Waals surface area contributed by atoms with Crippen LogP contribution in [0, 0.1) is 11.8 Å². The molecule has 5 nitrogen and oxygen atoms in total. The molecule has 0 spiro atoms. The van der Waals surface area contributed by atoms with E-state index in [1.165, 1.54) is 32.1 Å². The van der Waals surface area contributed by atoms with Crippen molar-refractivity contribution in [3.63, 3.8) is 0 Å². The number of carbonyl (C=O) groups excluding carboxylic acids is 1. The molecular formula is C16H26N4O. The second-order valence-electron chi connectivity index (χ2n) is 6.00. The summed E-state index contributed by atoms with van der Waals surface area (Å²) in [6, 6.07) is 3.53. The zero-order valence-corrected chi connectivity index (χ0v) is 13.1. The molecule has 0 saturated heterocycles. The first-order valence-corrected chi connectivity index (χ1v) is 8.04. The summed E-state index contributed by atoms with van der Waals surface area (Å²) < 4.78 is 0. The van der Waals surface area contributed by atoms with Crippen molar-refractivity contribution in [3.8, 4) is 0 Å². The number of nitrogens with one attached hydrogen (secondary N) is 2. The molecule has 0 aliphatic heterocycles. The lowest BCUT2D eigenvalue weighted by molar-refractivity contribution is 0.0950. The van der Waals surface area contributed by atoms with Gasteiger partial charge in [-0.05, 0) is 37.3 Å². The van der Waals surface area contributed by atoms with Crippen molar-refractivity contribution in [3.05, 3.63) is 17.8 Å². The molecule has 5 heteroatoms. The number of nitrogens with zero attached hydrogens (tertiary/aromatic N) is 2. The maximum atomic E-state index is 11.6. The molecule has 0 unspecified atom stereocenters. The third kappa shape index (κ3) is 4.99. The van der Waals surface area contributed by atoms with Crippen LogP contribution in [0.25, 0.3) is 0 Å². The van der Waals surface area contributed by atoms with E-state index in [1.807, 2.05) is 13.0 Å². The third-order valence-electron chi connectivity index (χ3n) is 4.23. The predicted octanol–water partition coefficient (Wildman–Crippen LogP) is 2.85. The molecular weight excluding hydrogens is 264 g/mol. The highest BCUT2D eigenvalue weighted by atomic mass is 16.1. The lowest BCUT2D eigenvalue weighted by Gasteiger charge is -2.26. The van der Waals surface area contributed by atoms with E-state index in [4.69, 9.17) is 0 Å². The predicted molar refractivity (Wildman–Crippen MR) is 84.3 cm³/mol. The van der Waals surface area contributed by atoms with Gasteiger partial charge < -0.3 is 10.6 Å². The number of rotatable bonds is 6. The maximum Gasteiger partial charge on any atom is 0.271 e. The van der Waals surface area contributed by atoms with Gasteiger partial charge in [0.1, 0.15) is 5.82 Å². The summed E-state index contributed by atoms with van der Waals surface area (Å²) in [5, 5.41) is 14.0. The Morgan fingerprint density at radius 3 is 2.62 bits per heavy atom. The maximum absolute atomic E-state index is 11.6. The van der Waals surface area contributed by atoms with Crippen molar-refractivity contribution in [2.24, 2.45) is 11.8 Å². The molecule has 1 aromatic heterocycles. The summed E-state index contributed by atoms with van der Waals surface area (Å²) in [7, 11) is 0. The Balaban J connectivity index is 1.72. The third-order valence-corrected chi connectivity index (χ3v) is 4.23. The number of carbonyl (C=O) groups is 1. The Kier molecular flexibility index (Phi) is 5.96. The Labute approximate surface area is 126 Å². The molecule has 1 amide bonds. The summed E-state index contributed by atoms with van der Waals surface area (Å²) in [6.07, 6.45) is 6.62. The van der Waals surface area contributed by atoms with E-state index >= 15 is 0 Å². The van der Waals surface area contributed by atoms with E-state index in [0.29, 0.717) is 12.2 Å². The molecule has 2 rings (SSSR count). The molecule has 1 aliphatic rings. The standard InChI is InChI=1S/C16H26N4O/c1-3-17-16(21)14-8-9-15(20-19-14)18-11-10-13-6-4-12(2)5-7-13/h8-9,12-13H,3-7,10-11H2,1-2H3,(H,17,21)(H,18,20). The van der Waals surface area contributed by atoms with E-state index in [9.17, 15) is 4.79 Å². The molecule has 0 bridgehead atoms. The van der Waals surface area contributed by atoms with Gasteiger partial charge in [0.15, 0.2) is 5.69 Å². The quantitative estimate of drug-likeness (QED) is 0.845. The average molecular weight is 290 g/mol. The van der Waals surface area contributed by atoms with Gasteiger partial charge in [-0.3, -0.25) is 4.79 Å². The highest BCUT2D eigenvalue weighted by Crippen LogP contribution is 2.30. The van der Waals surface area contributed by atoms with Crippen LogP contribution < -0.4 is 10.6 Å². The molecule has 1 aromatic rings. The molecule has 0 atom stereocenters. The molecule has 116 valence electrons. The fourth-order valence-electron chi connectivity index (χ4n) is 2.82. The zero-order valence-electron chi connectivity index (χ0n) is 13.1. The van der Waals surface area contributed by atoms with Crippen molar-refractivity contribution in [1.82, 2.24) is 15.5 Å². The summed E-state index contributed by atoms with van der Waals surface area (Å²) >= 11 is 0. The monoisotopic (exact) mass is 290 g/mol. The summed E-state index contributed by atoms with van der Waals surface area (Å²) in [5.41, 5.74) is 0.365. The zero-order chi connectivity index (χ0) is 15.1. The van der Waals surface area contributed by atoms with E-state index < -0.39 is 0 Å². The van der Waals surface area contributed by atoms with Crippen LogP contribution in [0.4, 0.5) is 5.82 Å². The van der Waals surface area contributed by atoms with Crippen LogP contribution in [-0.4, -0.2) is 29.2 Å². The first-order chi connectivity index (χ1) is 10.2. The number of amides is 1. The molecule has 1 aliphatic carbocycles. The van der Waals surface area contributed by atoms with Gasteiger partial charge >= 0.3 is 0 Å². The molecule has 0 radical (unpaired) electrons. The lowest BCUT2D eigenvalue weighted by atomic mass is 9.81. The molecule has 21 heavy (non-hydrogen) atoms. The van der Waals surface area contributed by atoms with Crippen LogP contribution in [0.5, 0.6) is 0 Å². The largest absolute Gasteiger partial charge is 0.369 e. The average Bonchev–Trinajstić information content (AvgIpc) is 2.50. The van der Waals surface area contributed by atoms with Crippen LogP contribution >= 0.6 is 0 Å². The SMILES string of the molecule is CCNC(=O)c1ccc(NCCC2CCC(C)CC2)nn1. The first kappa shape index (κ1) is 15.7. The van der Waals surface area contributed by atoms with E-state index in [2.05, 4.69) is 27.8 Å². The highest BCUT2D eigenvalue weighted by Gasteiger charge is 2.17. The van der Waals surface area contributed by atoms with Crippen LogP contribution in [0.3, 0.4) is 0 Å². The van der Waals surface area contributed by atoms with Gasteiger partial charge in [0.2, 0.25) is 0 Å². The topological polar surface area (TPSA) is 66.9 Å². The van der Waals surface area contributed by atoms with Gasteiger partial charge in [-0.15, -0.1) is 10.2 Å². The van der Waals surface area contributed by atoms with Crippen molar-refractivity contribution >= 4 is 11.7 Å². The number of aromatic nitrogens is 2. The molecule has 1 fully saturated rings. The molecule has 1 saturated carbocycles. The Hall–Kier alpha value is -1.65. The number of hydrogen-bond donors (Lipinski definition) is 2. The van der Waals surface area contributed by atoms with E-state index in [0.717, 1.165) is 24.2 Å². The van der Waals surface area contributed by atoms with Crippen molar-refractivity contribution < 1.29 is 4.79 Å². The minimum atomic E-state index is -0.173. The molecule has 2 N–H and O–H groups in total. The van der Waals surface area contributed by atoms with Crippen LogP contribution in [0.1, 0.15) is 56.4 Å². The number of hydrogen-bond acceptors (Lipinski definition) is 4. The summed E-state index contributed by atoms with van der Waals surface area (Å²) in [6.45, 7) is 5.75. The first-order valence-electron chi connectivity index (χ1n) is 8.04. The fourth-order valence-corrected chi connectivity index (χ4v) is 2.82. The minimum absolute atomic E-state index is 0.173. The van der Waals surface area contributed by atoms with Gasteiger partial charge in [0, 0.05) is 13.1 Å². The van der Waals surface area contributed by atoms with Gasteiger partial charge in [-0.25, -0.2) is 0 Å². The highest BCUT2D eigenvalue weighted by molar-refractivity contribution is 5.92. The molecule has 1 heterocycles. The van der Waals surface area contributed by atoms with Gasteiger partial charge in [0.05, 0.1) is 0 Å². The lowest BCUT2D eigenvalue weighted by Crippen LogP contribution is -2.24. The summed E-state index contributed by atoms with van der Waals surface area (Å²) in [5.74, 6) is 2.32. The second kappa shape index (κ2) is 7.96. The van der Waals surface area contributed by atoms with E-state index in [1.54, 1.807) is 6.07 Å². The van der Waals surface area contributed by atoms with E-state index in [-0.39, 0.29) is 5.91 Å². The smallest absolute Gasteiger partial charge is 0.271 e. The van der Waals surface area contributed by atoms with Crippen molar-refractivity contribution in [2.45, 2.75) is 46.0 Å². The fraction of sp³-hybridized carbons (Fsp3) is 0.688. The number of anilines is 1. The Bertz CT molecular complexity index is 438. The van der Waals surface area contributed by atoms with Gasteiger partial charge in [-0.2, -0.15) is 0 Å². The second-order valence-corrected chi connectivity index (χ2v) is 6.00. The van der Waals surface area contributed by atoms with Crippen LogP contribution in [0.15, 0.2) is 12.1 Å². The van der Waals surface area contributed by atoms with Gasteiger partial charge in [-0.1, -0.05) is 32.6 Å². The molecule has 0 aromatic carbocycles. The Morgan fingerprint density at radius 2 is 2.00 bits per heavy atom. The Morgan fingerprint density at radius 1 is 1.24 bits per heavy atom. The minimum Gasteiger partial charge on any atom is -0.369 e. The van der Waals surface area contributed by atoms with Gasteiger partial charge in [0.25, 0.3) is 5.91 Å². The van der Waals surface area contributed by atoms with Crippen LogP contribution in [-0.2, 0) is 0 Å². The summed E-state index contributed by atoms with van der Waals surface area (Å²) in [4.78, 5) is 11.6.